The van der Waals surface area contributed by atoms with Gasteiger partial charge in [0, 0.05) is 36.7 Å². The molecule has 34 heavy (non-hydrogen) atoms. The fourth-order valence-electron chi connectivity index (χ4n) is 4.58. The highest BCUT2D eigenvalue weighted by atomic mass is 19.4. The smallest absolute Gasteiger partial charge is 0.322 e. The Labute approximate surface area is 192 Å². The molecule has 1 saturated heterocycles. The van der Waals surface area contributed by atoms with E-state index in [1.807, 2.05) is 0 Å². The van der Waals surface area contributed by atoms with Gasteiger partial charge in [0.2, 0.25) is 11.8 Å². The Morgan fingerprint density at radius 2 is 1.82 bits per heavy atom. The number of piperidine rings is 1. The number of rotatable bonds is 3. The molecule has 3 amide bonds. The average Bonchev–Trinajstić information content (AvgIpc) is 3.33. The van der Waals surface area contributed by atoms with Crippen molar-refractivity contribution >= 4 is 17.7 Å². The summed E-state index contributed by atoms with van der Waals surface area (Å²) in [6.07, 6.45) is -2.47. The van der Waals surface area contributed by atoms with Crippen molar-refractivity contribution in [1.82, 2.24) is 20.0 Å². The van der Waals surface area contributed by atoms with Crippen molar-refractivity contribution < 1.29 is 27.6 Å². The molecule has 1 atom stereocenters. The second kappa shape index (κ2) is 7.82. The molecule has 174 valence electrons. The topological polar surface area (TPSA) is 84.3 Å². The van der Waals surface area contributed by atoms with E-state index < -0.39 is 23.7 Å². The quantitative estimate of drug-likeness (QED) is 0.596. The molecule has 2 aliphatic heterocycles. The molecule has 1 N–H and O–H groups in total. The molecule has 0 aliphatic carbocycles. The molecule has 0 saturated carbocycles. The summed E-state index contributed by atoms with van der Waals surface area (Å²) in [5.41, 5.74) is 2.60. The molecule has 10 heteroatoms. The summed E-state index contributed by atoms with van der Waals surface area (Å²) in [6, 6.07) is 9.51. The summed E-state index contributed by atoms with van der Waals surface area (Å²) in [5, 5.41) is 6.52. The van der Waals surface area contributed by atoms with Gasteiger partial charge in [-0.3, -0.25) is 24.4 Å². The molecule has 0 spiro atoms. The van der Waals surface area contributed by atoms with Crippen LogP contribution in [-0.2, 0) is 29.4 Å². The Hall–Kier alpha value is -3.95. The lowest BCUT2D eigenvalue weighted by Crippen LogP contribution is -2.52. The average molecular weight is 468 g/mol. The monoisotopic (exact) mass is 468 g/mol. The Morgan fingerprint density at radius 1 is 1.03 bits per heavy atom. The van der Waals surface area contributed by atoms with Crippen LogP contribution in [0.5, 0.6) is 0 Å². The third-order valence-corrected chi connectivity index (χ3v) is 6.24. The predicted molar refractivity (Wildman–Crippen MR) is 115 cm³/mol. The number of aryl methyl sites for hydroxylation is 1. The van der Waals surface area contributed by atoms with E-state index in [4.69, 9.17) is 0 Å². The highest BCUT2D eigenvalue weighted by Gasteiger charge is 2.39. The molecular formula is C24H19F3N4O3. The Balaban J connectivity index is 1.50. The fourth-order valence-corrected chi connectivity index (χ4v) is 4.58. The standard InChI is InChI=1S/C24H19F3N4O3/c1-30-21(14-3-2-4-16(10-14)24(25,26)27)18(11-28-30)13-5-6-17-15(9-13)12-31(23(17)34)19-7-8-20(32)29-22(19)33/h2-6,9-11,19H,7-8,12H2,1H3,(H,29,32,33). The first-order valence-corrected chi connectivity index (χ1v) is 10.6. The van der Waals surface area contributed by atoms with Crippen molar-refractivity contribution in [2.75, 3.05) is 0 Å². The number of imide groups is 1. The lowest BCUT2D eigenvalue weighted by molar-refractivity contribution is -0.138. The zero-order valence-electron chi connectivity index (χ0n) is 18.0. The van der Waals surface area contributed by atoms with E-state index >= 15 is 0 Å². The van der Waals surface area contributed by atoms with E-state index in [9.17, 15) is 27.6 Å². The van der Waals surface area contributed by atoms with Crippen molar-refractivity contribution in [1.29, 1.82) is 0 Å². The van der Waals surface area contributed by atoms with Crippen LogP contribution in [0.3, 0.4) is 0 Å². The predicted octanol–water partition coefficient (Wildman–Crippen LogP) is 3.53. The number of fused-ring (bicyclic) bond motifs is 1. The van der Waals surface area contributed by atoms with Gasteiger partial charge < -0.3 is 4.90 Å². The van der Waals surface area contributed by atoms with Gasteiger partial charge in [0.15, 0.2) is 0 Å². The van der Waals surface area contributed by atoms with Gasteiger partial charge in [-0.15, -0.1) is 0 Å². The van der Waals surface area contributed by atoms with Gasteiger partial charge >= 0.3 is 6.18 Å². The number of benzene rings is 2. The van der Waals surface area contributed by atoms with Crippen LogP contribution in [0.1, 0.15) is 34.3 Å². The maximum atomic E-state index is 13.3. The molecule has 2 aliphatic rings. The van der Waals surface area contributed by atoms with Crippen molar-refractivity contribution in [2.24, 2.45) is 7.05 Å². The second-order valence-corrected chi connectivity index (χ2v) is 8.38. The van der Waals surface area contributed by atoms with E-state index in [2.05, 4.69) is 10.4 Å². The number of halogens is 3. The van der Waals surface area contributed by atoms with Crippen LogP contribution in [0.4, 0.5) is 13.2 Å². The van der Waals surface area contributed by atoms with Crippen LogP contribution in [0.25, 0.3) is 22.4 Å². The molecule has 0 bridgehead atoms. The Morgan fingerprint density at radius 3 is 2.56 bits per heavy atom. The lowest BCUT2D eigenvalue weighted by Gasteiger charge is -2.29. The fraction of sp³-hybridized carbons (Fsp3) is 0.250. The normalized spacial score (nSPS) is 18.3. The molecule has 3 aromatic rings. The SMILES string of the molecule is Cn1ncc(-c2ccc3c(c2)CN(C2CCC(=O)NC2=O)C3=O)c1-c1cccc(C(F)(F)F)c1. The largest absolute Gasteiger partial charge is 0.416 e. The van der Waals surface area contributed by atoms with Crippen molar-refractivity contribution in [2.45, 2.75) is 31.6 Å². The molecule has 0 radical (unpaired) electrons. The highest BCUT2D eigenvalue weighted by molar-refractivity contribution is 6.05. The molecule has 1 aromatic heterocycles. The first-order chi connectivity index (χ1) is 16.1. The summed E-state index contributed by atoms with van der Waals surface area (Å²) in [5.74, 6) is -1.14. The highest BCUT2D eigenvalue weighted by Crippen LogP contribution is 2.37. The molecule has 1 unspecified atom stereocenters. The number of amides is 3. The molecule has 3 heterocycles. The minimum absolute atomic E-state index is 0.165. The third kappa shape index (κ3) is 3.64. The zero-order valence-corrected chi connectivity index (χ0v) is 18.0. The molecule has 1 fully saturated rings. The van der Waals surface area contributed by atoms with E-state index in [0.717, 1.165) is 12.1 Å². The van der Waals surface area contributed by atoms with Crippen LogP contribution >= 0.6 is 0 Å². The first-order valence-electron chi connectivity index (χ1n) is 10.6. The Kier molecular flexibility index (Phi) is 5.03. The summed E-state index contributed by atoms with van der Waals surface area (Å²) >= 11 is 0. The maximum absolute atomic E-state index is 13.3. The van der Waals surface area contributed by atoms with E-state index in [1.165, 1.54) is 15.6 Å². The summed E-state index contributed by atoms with van der Waals surface area (Å²) in [6.45, 7) is 0.202. The lowest BCUT2D eigenvalue weighted by atomic mass is 9.97. The summed E-state index contributed by atoms with van der Waals surface area (Å²) in [4.78, 5) is 38.1. The van der Waals surface area contributed by atoms with Crippen LogP contribution in [0.2, 0.25) is 0 Å². The first kappa shape index (κ1) is 21.9. The van der Waals surface area contributed by atoms with Crippen LogP contribution in [0.15, 0.2) is 48.7 Å². The molecule has 7 nitrogen and oxygen atoms in total. The number of alkyl halides is 3. The Bertz CT molecular complexity index is 1350. The van der Waals surface area contributed by atoms with Gasteiger partial charge in [-0.1, -0.05) is 18.2 Å². The van der Waals surface area contributed by atoms with Crippen LogP contribution in [0, 0.1) is 0 Å². The number of carbonyl (C=O) groups is 3. The second-order valence-electron chi connectivity index (χ2n) is 8.38. The minimum atomic E-state index is -4.47. The number of nitrogens with zero attached hydrogens (tertiary/aromatic N) is 3. The maximum Gasteiger partial charge on any atom is 0.416 e. The zero-order chi connectivity index (χ0) is 24.2. The molecule has 2 aromatic carbocycles. The van der Waals surface area contributed by atoms with Crippen molar-refractivity contribution in [3.05, 3.63) is 65.4 Å². The van der Waals surface area contributed by atoms with Crippen LogP contribution < -0.4 is 5.32 Å². The van der Waals surface area contributed by atoms with Gasteiger partial charge in [0.1, 0.15) is 6.04 Å². The van der Waals surface area contributed by atoms with Crippen molar-refractivity contribution in [3.8, 4) is 22.4 Å². The number of aromatic nitrogens is 2. The molecule has 5 rings (SSSR count). The number of carbonyl (C=O) groups excluding carboxylic acids is 3. The van der Waals surface area contributed by atoms with Crippen LogP contribution in [-0.4, -0.2) is 38.4 Å². The van der Waals surface area contributed by atoms with Crippen molar-refractivity contribution in [3.63, 3.8) is 0 Å². The summed E-state index contributed by atoms with van der Waals surface area (Å²) in [7, 11) is 1.65. The number of hydrogen-bond acceptors (Lipinski definition) is 4. The van der Waals surface area contributed by atoms with Gasteiger partial charge in [-0.2, -0.15) is 18.3 Å². The molecular weight excluding hydrogens is 449 g/mol. The third-order valence-electron chi connectivity index (χ3n) is 6.24. The van der Waals surface area contributed by atoms with Gasteiger partial charge in [-0.05, 0) is 41.8 Å². The van der Waals surface area contributed by atoms with Gasteiger partial charge in [-0.25, -0.2) is 0 Å². The van der Waals surface area contributed by atoms with Gasteiger partial charge in [0.25, 0.3) is 5.91 Å². The minimum Gasteiger partial charge on any atom is -0.322 e. The van der Waals surface area contributed by atoms with Gasteiger partial charge in [0.05, 0.1) is 17.5 Å². The number of hydrogen-bond donors (Lipinski definition) is 1. The number of nitrogens with one attached hydrogen (secondary N) is 1. The van der Waals surface area contributed by atoms with E-state index in [1.54, 1.807) is 37.5 Å². The van der Waals surface area contributed by atoms with E-state index in [-0.39, 0.29) is 31.2 Å². The van der Waals surface area contributed by atoms with E-state index in [0.29, 0.717) is 33.5 Å². The summed E-state index contributed by atoms with van der Waals surface area (Å²) < 4.78 is 41.3.